The number of benzene rings is 1. The molecular formula is C19H19NO. The molecule has 0 amide bonds. The minimum absolute atomic E-state index is 0.359. The summed E-state index contributed by atoms with van der Waals surface area (Å²) >= 11 is 0. The van der Waals surface area contributed by atoms with Crippen molar-refractivity contribution in [1.29, 1.82) is 0 Å². The lowest BCUT2D eigenvalue weighted by atomic mass is 9.87. The third-order valence-corrected chi connectivity index (χ3v) is 3.76. The molecule has 1 heterocycles. The highest BCUT2D eigenvalue weighted by Crippen LogP contribution is 2.29. The Morgan fingerprint density at radius 3 is 2.52 bits per heavy atom. The van der Waals surface area contributed by atoms with Crippen LogP contribution in [0.2, 0.25) is 0 Å². The van der Waals surface area contributed by atoms with E-state index in [0.29, 0.717) is 18.4 Å². The summed E-state index contributed by atoms with van der Waals surface area (Å²) in [5, 5.41) is 0. The van der Waals surface area contributed by atoms with E-state index in [4.69, 9.17) is 4.74 Å². The van der Waals surface area contributed by atoms with E-state index in [1.165, 1.54) is 0 Å². The summed E-state index contributed by atoms with van der Waals surface area (Å²) in [5.74, 6) is 1.65. The first kappa shape index (κ1) is 13.6. The third kappa shape index (κ3) is 3.40. The third-order valence-electron chi connectivity index (χ3n) is 3.76. The molecule has 2 aromatic rings. The van der Waals surface area contributed by atoms with E-state index in [1.54, 1.807) is 0 Å². The zero-order valence-electron chi connectivity index (χ0n) is 12.1. The Labute approximate surface area is 125 Å². The standard InChI is InChI=1S/C19H19NO/c1-15-7-5-6-10-18(15)19-12-11-17(13-20-19)21-14-16-8-3-2-4-9-16/h2-13,15,18H,14H2,1H3. The highest BCUT2D eigenvalue weighted by Gasteiger charge is 2.17. The van der Waals surface area contributed by atoms with Crippen molar-refractivity contribution in [3.05, 3.63) is 84.2 Å². The lowest BCUT2D eigenvalue weighted by molar-refractivity contribution is 0.304. The second-order valence-electron chi connectivity index (χ2n) is 5.35. The summed E-state index contributed by atoms with van der Waals surface area (Å²) in [4.78, 5) is 4.55. The lowest BCUT2D eigenvalue weighted by Gasteiger charge is -2.19. The van der Waals surface area contributed by atoms with Gasteiger partial charge >= 0.3 is 0 Å². The molecule has 3 rings (SSSR count). The van der Waals surface area contributed by atoms with Crippen molar-refractivity contribution in [2.75, 3.05) is 0 Å². The number of allylic oxidation sites excluding steroid dienone is 4. The van der Waals surface area contributed by atoms with Crippen molar-refractivity contribution in [1.82, 2.24) is 4.98 Å². The SMILES string of the molecule is CC1C=CC=CC1c1ccc(OCc2ccccc2)cn1. The number of pyridine rings is 1. The van der Waals surface area contributed by atoms with E-state index in [1.807, 2.05) is 30.5 Å². The maximum atomic E-state index is 5.77. The molecule has 0 saturated carbocycles. The monoisotopic (exact) mass is 277 g/mol. The smallest absolute Gasteiger partial charge is 0.138 e. The van der Waals surface area contributed by atoms with E-state index in [-0.39, 0.29) is 0 Å². The molecule has 2 atom stereocenters. The molecule has 0 aliphatic heterocycles. The van der Waals surface area contributed by atoms with Gasteiger partial charge in [0.25, 0.3) is 0 Å². The maximum absolute atomic E-state index is 5.77. The van der Waals surface area contributed by atoms with E-state index in [2.05, 4.69) is 54.4 Å². The van der Waals surface area contributed by atoms with Crippen molar-refractivity contribution in [3.8, 4) is 5.75 Å². The summed E-state index contributed by atoms with van der Waals surface area (Å²) in [6, 6.07) is 14.2. The van der Waals surface area contributed by atoms with Crippen LogP contribution in [0.5, 0.6) is 5.75 Å². The Hall–Kier alpha value is -2.35. The van der Waals surface area contributed by atoms with Gasteiger partial charge in [0, 0.05) is 11.6 Å². The van der Waals surface area contributed by atoms with Gasteiger partial charge in [0.15, 0.2) is 0 Å². The Morgan fingerprint density at radius 2 is 1.81 bits per heavy atom. The van der Waals surface area contributed by atoms with Gasteiger partial charge in [0.05, 0.1) is 6.20 Å². The molecule has 1 aromatic heterocycles. The molecule has 1 aliphatic rings. The summed E-state index contributed by atoms with van der Waals surface area (Å²) in [5.41, 5.74) is 2.26. The van der Waals surface area contributed by atoms with Gasteiger partial charge in [0.1, 0.15) is 12.4 Å². The number of rotatable bonds is 4. The molecule has 0 radical (unpaired) electrons. The number of hydrogen-bond donors (Lipinski definition) is 0. The largest absolute Gasteiger partial charge is 0.487 e. The molecule has 2 heteroatoms. The summed E-state index contributed by atoms with van der Waals surface area (Å²) in [6.07, 6.45) is 10.4. The normalized spacial score (nSPS) is 20.4. The number of nitrogens with zero attached hydrogens (tertiary/aromatic N) is 1. The minimum Gasteiger partial charge on any atom is -0.487 e. The molecule has 0 bridgehead atoms. The van der Waals surface area contributed by atoms with Crippen LogP contribution < -0.4 is 4.74 Å². The average Bonchev–Trinajstić information content (AvgIpc) is 2.55. The quantitative estimate of drug-likeness (QED) is 0.820. The minimum atomic E-state index is 0.359. The van der Waals surface area contributed by atoms with Crippen LogP contribution in [0.1, 0.15) is 24.1 Å². The van der Waals surface area contributed by atoms with Crippen LogP contribution in [0.15, 0.2) is 73.0 Å². The van der Waals surface area contributed by atoms with Gasteiger partial charge in [-0.1, -0.05) is 61.6 Å². The highest BCUT2D eigenvalue weighted by atomic mass is 16.5. The van der Waals surface area contributed by atoms with Crippen molar-refractivity contribution in [2.45, 2.75) is 19.4 Å². The molecule has 106 valence electrons. The Bertz CT molecular complexity index is 628. The highest BCUT2D eigenvalue weighted by molar-refractivity contribution is 5.29. The zero-order valence-corrected chi connectivity index (χ0v) is 12.1. The van der Waals surface area contributed by atoms with E-state index in [0.717, 1.165) is 17.0 Å². The van der Waals surface area contributed by atoms with Gasteiger partial charge in [-0.25, -0.2) is 0 Å². The molecule has 0 saturated heterocycles. The second kappa shape index (κ2) is 6.40. The molecule has 2 unspecified atom stereocenters. The summed E-state index contributed by atoms with van der Waals surface area (Å²) in [7, 11) is 0. The first-order chi connectivity index (χ1) is 10.3. The van der Waals surface area contributed by atoms with E-state index < -0.39 is 0 Å². The van der Waals surface area contributed by atoms with Crippen LogP contribution in [0.25, 0.3) is 0 Å². The zero-order chi connectivity index (χ0) is 14.5. The van der Waals surface area contributed by atoms with Crippen LogP contribution in [0.4, 0.5) is 0 Å². The first-order valence-corrected chi connectivity index (χ1v) is 7.30. The summed E-state index contributed by atoms with van der Waals surface area (Å²) in [6.45, 7) is 2.79. The predicted octanol–water partition coefficient (Wildman–Crippen LogP) is 4.51. The van der Waals surface area contributed by atoms with Crippen LogP contribution >= 0.6 is 0 Å². The fourth-order valence-electron chi connectivity index (χ4n) is 2.50. The van der Waals surface area contributed by atoms with Gasteiger partial charge < -0.3 is 4.74 Å². The fourth-order valence-corrected chi connectivity index (χ4v) is 2.50. The van der Waals surface area contributed by atoms with Crippen molar-refractivity contribution in [2.24, 2.45) is 5.92 Å². The molecule has 0 spiro atoms. The van der Waals surface area contributed by atoms with Gasteiger partial charge in [-0.3, -0.25) is 4.98 Å². The van der Waals surface area contributed by atoms with Crippen molar-refractivity contribution in [3.63, 3.8) is 0 Å². The Balaban J connectivity index is 1.64. The molecule has 21 heavy (non-hydrogen) atoms. The Kier molecular flexibility index (Phi) is 4.15. The molecular weight excluding hydrogens is 258 g/mol. The summed E-state index contributed by atoms with van der Waals surface area (Å²) < 4.78 is 5.77. The van der Waals surface area contributed by atoms with Gasteiger partial charge in [-0.2, -0.15) is 0 Å². The molecule has 0 fully saturated rings. The fraction of sp³-hybridized carbons (Fsp3) is 0.211. The maximum Gasteiger partial charge on any atom is 0.138 e. The van der Waals surface area contributed by atoms with Gasteiger partial charge in [-0.15, -0.1) is 0 Å². The van der Waals surface area contributed by atoms with Crippen LogP contribution in [0.3, 0.4) is 0 Å². The topological polar surface area (TPSA) is 22.1 Å². The van der Waals surface area contributed by atoms with E-state index in [9.17, 15) is 0 Å². The lowest BCUT2D eigenvalue weighted by Crippen LogP contribution is -2.09. The Morgan fingerprint density at radius 1 is 1.00 bits per heavy atom. The average molecular weight is 277 g/mol. The van der Waals surface area contributed by atoms with Crippen molar-refractivity contribution < 1.29 is 4.74 Å². The van der Waals surface area contributed by atoms with Crippen molar-refractivity contribution >= 4 is 0 Å². The molecule has 2 nitrogen and oxygen atoms in total. The number of ether oxygens (including phenoxy) is 1. The first-order valence-electron chi connectivity index (χ1n) is 7.30. The van der Waals surface area contributed by atoms with Crippen LogP contribution in [0, 0.1) is 5.92 Å². The van der Waals surface area contributed by atoms with Gasteiger partial charge in [-0.05, 0) is 23.6 Å². The second-order valence-corrected chi connectivity index (χ2v) is 5.35. The predicted molar refractivity (Wildman–Crippen MR) is 85.2 cm³/mol. The number of aromatic nitrogens is 1. The number of hydrogen-bond acceptors (Lipinski definition) is 2. The van der Waals surface area contributed by atoms with E-state index >= 15 is 0 Å². The van der Waals surface area contributed by atoms with Crippen LogP contribution in [-0.4, -0.2) is 4.98 Å². The van der Waals surface area contributed by atoms with Crippen LogP contribution in [-0.2, 0) is 6.61 Å². The molecule has 1 aliphatic carbocycles. The molecule has 1 aromatic carbocycles. The molecule has 0 N–H and O–H groups in total. The van der Waals surface area contributed by atoms with Gasteiger partial charge in [0.2, 0.25) is 0 Å².